The fraction of sp³-hybridized carbons (Fsp3) is 0.143. The van der Waals surface area contributed by atoms with Gasteiger partial charge in [0, 0.05) is 52.8 Å². The van der Waals surface area contributed by atoms with Crippen molar-refractivity contribution < 1.29 is 40.6 Å². The number of benzene rings is 3. The predicted molar refractivity (Wildman–Crippen MR) is 103 cm³/mol. The van der Waals surface area contributed by atoms with Gasteiger partial charge in [-0.1, -0.05) is 0 Å². The lowest BCUT2D eigenvalue weighted by molar-refractivity contribution is 0.408. The summed E-state index contributed by atoms with van der Waals surface area (Å²) in [5.74, 6) is -7.81. The normalized spacial score (nSPS) is 10.7. The molecule has 3 aromatic rings. The Bertz CT molecular complexity index is 997. The van der Waals surface area contributed by atoms with E-state index in [-0.39, 0.29) is 17.2 Å². The maximum atomic E-state index is 15.0. The van der Waals surface area contributed by atoms with Gasteiger partial charge in [-0.05, 0) is 0 Å². The molecule has 0 unspecified atom stereocenters. The van der Waals surface area contributed by atoms with Crippen LogP contribution in [-0.2, 0) is 0 Å². The smallest absolute Gasteiger partial charge is 0.267 e. The average Bonchev–Trinajstić information content (AvgIpc) is 2.70. The Morgan fingerprint density at radius 2 is 0.742 bits per heavy atom. The number of halogens is 6. The zero-order valence-corrected chi connectivity index (χ0v) is 16.5. The average molecular weight is 440 g/mol. The minimum atomic E-state index is -1.72. The lowest BCUT2D eigenvalue weighted by atomic mass is 9.35. The minimum absolute atomic E-state index is 0.390. The van der Waals surface area contributed by atoms with E-state index in [2.05, 4.69) is 0 Å². The molecule has 3 aromatic carbocycles. The first-order valence-electron chi connectivity index (χ1n) is 8.80. The second kappa shape index (κ2) is 8.83. The molecule has 0 fully saturated rings. The lowest BCUT2D eigenvalue weighted by Crippen LogP contribution is -2.56. The summed E-state index contributed by atoms with van der Waals surface area (Å²) < 4.78 is 102. The standard InChI is InChI=1S/C21H15BF6O3/c1-29-16-7-10(23)4-13(26)19(16)22(20-14(27)5-11(24)8-17(20)30-2)21-15(28)6-12(25)9-18(21)31-3/h4-9H,1-3H3. The summed E-state index contributed by atoms with van der Waals surface area (Å²) in [6, 6.07) is 3.92. The Balaban J connectivity index is 2.51. The molecule has 0 N–H and O–H groups in total. The summed E-state index contributed by atoms with van der Waals surface area (Å²) in [6.07, 6.45) is 0. The third-order valence-electron chi connectivity index (χ3n) is 4.69. The van der Waals surface area contributed by atoms with Crippen LogP contribution in [0.2, 0.25) is 0 Å². The summed E-state index contributed by atoms with van der Waals surface area (Å²) in [4.78, 5) is 0. The maximum Gasteiger partial charge on any atom is 0.267 e. The molecule has 0 spiro atoms. The second-order valence-corrected chi connectivity index (χ2v) is 6.44. The Morgan fingerprint density at radius 3 is 0.968 bits per heavy atom. The number of rotatable bonds is 6. The van der Waals surface area contributed by atoms with Crippen molar-refractivity contribution in [3.63, 3.8) is 0 Å². The van der Waals surface area contributed by atoms with E-state index in [1.807, 2.05) is 0 Å². The molecule has 0 amide bonds. The topological polar surface area (TPSA) is 27.7 Å². The van der Waals surface area contributed by atoms with Crippen LogP contribution in [0, 0.1) is 34.9 Å². The van der Waals surface area contributed by atoms with Crippen molar-refractivity contribution in [3.8, 4) is 17.2 Å². The second-order valence-electron chi connectivity index (χ2n) is 6.44. The summed E-state index contributed by atoms with van der Waals surface area (Å²) >= 11 is 0. The number of hydrogen-bond acceptors (Lipinski definition) is 3. The summed E-state index contributed by atoms with van der Waals surface area (Å²) in [5, 5.41) is 0. The SMILES string of the molecule is COc1cc(F)cc(F)c1B(c1c(F)cc(F)cc1OC)c1c(F)cc(F)cc1OC. The van der Waals surface area contributed by atoms with Crippen LogP contribution in [0.3, 0.4) is 0 Å². The van der Waals surface area contributed by atoms with Crippen LogP contribution in [0.15, 0.2) is 36.4 Å². The largest absolute Gasteiger partial charge is 0.497 e. The first-order valence-corrected chi connectivity index (χ1v) is 8.80. The van der Waals surface area contributed by atoms with Gasteiger partial charge < -0.3 is 14.2 Å². The van der Waals surface area contributed by atoms with Crippen molar-refractivity contribution in [2.24, 2.45) is 0 Å². The molecule has 0 saturated heterocycles. The van der Waals surface area contributed by atoms with Gasteiger partial charge >= 0.3 is 0 Å². The van der Waals surface area contributed by atoms with Crippen molar-refractivity contribution in [3.05, 3.63) is 71.3 Å². The van der Waals surface area contributed by atoms with Gasteiger partial charge in [-0.3, -0.25) is 0 Å². The fourth-order valence-corrected chi connectivity index (χ4v) is 3.46. The Labute approximate surface area is 174 Å². The molecule has 162 valence electrons. The van der Waals surface area contributed by atoms with Crippen molar-refractivity contribution >= 4 is 23.1 Å². The van der Waals surface area contributed by atoms with Crippen LogP contribution in [0.5, 0.6) is 17.2 Å². The fourth-order valence-electron chi connectivity index (χ4n) is 3.46. The molecule has 0 aliphatic rings. The molecular formula is C21H15BF6O3. The van der Waals surface area contributed by atoms with Crippen LogP contribution in [0.25, 0.3) is 0 Å². The molecule has 0 heterocycles. The van der Waals surface area contributed by atoms with Crippen molar-refractivity contribution in [2.75, 3.05) is 21.3 Å². The van der Waals surface area contributed by atoms with Gasteiger partial charge in [-0.25, -0.2) is 26.3 Å². The first-order chi connectivity index (χ1) is 14.7. The summed E-state index contributed by atoms with van der Waals surface area (Å²) in [6.45, 7) is -1.72. The zero-order chi connectivity index (χ0) is 22.9. The highest BCUT2D eigenvalue weighted by atomic mass is 19.2. The van der Waals surface area contributed by atoms with E-state index in [9.17, 15) is 13.2 Å². The summed E-state index contributed by atoms with van der Waals surface area (Å²) in [5.41, 5.74) is -1.47. The van der Waals surface area contributed by atoms with Crippen LogP contribution < -0.4 is 30.6 Å². The molecule has 31 heavy (non-hydrogen) atoms. The van der Waals surface area contributed by atoms with E-state index in [0.29, 0.717) is 18.2 Å². The van der Waals surface area contributed by atoms with Crippen molar-refractivity contribution in [1.82, 2.24) is 0 Å². The van der Waals surface area contributed by atoms with Gasteiger partial charge in [0.15, 0.2) is 0 Å². The van der Waals surface area contributed by atoms with Gasteiger partial charge in [0.05, 0.1) is 21.3 Å². The third-order valence-corrected chi connectivity index (χ3v) is 4.69. The van der Waals surface area contributed by atoms with E-state index in [0.717, 1.165) is 39.5 Å². The Kier molecular flexibility index (Phi) is 6.38. The highest BCUT2D eigenvalue weighted by Crippen LogP contribution is 2.23. The van der Waals surface area contributed by atoms with Gasteiger partial charge in [0.25, 0.3) is 6.71 Å². The molecule has 0 bridgehead atoms. The monoisotopic (exact) mass is 440 g/mol. The lowest BCUT2D eigenvalue weighted by Gasteiger charge is -2.23. The van der Waals surface area contributed by atoms with Gasteiger partial charge in [-0.15, -0.1) is 0 Å². The Hall–Kier alpha value is -3.30. The van der Waals surface area contributed by atoms with E-state index < -0.39 is 58.0 Å². The van der Waals surface area contributed by atoms with Crippen LogP contribution >= 0.6 is 0 Å². The molecule has 3 rings (SSSR count). The zero-order valence-electron chi connectivity index (χ0n) is 16.5. The van der Waals surface area contributed by atoms with E-state index >= 15 is 13.2 Å². The Morgan fingerprint density at radius 1 is 0.484 bits per heavy atom. The maximum absolute atomic E-state index is 15.0. The third kappa shape index (κ3) is 4.15. The molecule has 10 heteroatoms. The van der Waals surface area contributed by atoms with Gasteiger partial charge in [0.2, 0.25) is 0 Å². The summed E-state index contributed by atoms with van der Waals surface area (Å²) in [7, 11) is 3.31. The van der Waals surface area contributed by atoms with Crippen molar-refractivity contribution in [2.45, 2.75) is 0 Å². The molecule has 0 aromatic heterocycles. The number of methoxy groups -OCH3 is 3. The van der Waals surface area contributed by atoms with Crippen LogP contribution in [-0.4, -0.2) is 28.0 Å². The number of hydrogen-bond donors (Lipinski definition) is 0. The molecule has 3 nitrogen and oxygen atoms in total. The molecule has 0 saturated carbocycles. The number of ether oxygens (including phenoxy) is 3. The molecular weight excluding hydrogens is 425 g/mol. The van der Waals surface area contributed by atoms with Crippen LogP contribution in [0.1, 0.15) is 0 Å². The highest BCUT2D eigenvalue weighted by molar-refractivity contribution is 6.97. The van der Waals surface area contributed by atoms with Crippen molar-refractivity contribution in [1.29, 1.82) is 0 Å². The minimum Gasteiger partial charge on any atom is -0.497 e. The first kappa shape index (κ1) is 22.4. The molecule has 0 radical (unpaired) electrons. The van der Waals surface area contributed by atoms with E-state index in [1.165, 1.54) is 0 Å². The predicted octanol–water partition coefficient (Wildman–Crippen LogP) is 3.06. The molecule has 0 aliphatic heterocycles. The van der Waals surface area contributed by atoms with Gasteiger partial charge in [-0.2, -0.15) is 0 Å². The van der Waals surface area contributed by atoms with Gasteiger partial charge in [0.1, 0.15) is 52.2 Å². The highest BCUT2D eigenvalue weighted by Gasteiger charge is 2.38. The van der Waals surface area contributed by atoms with E-state index in [4.69, 9.17) is 14.2 Å². The van der Waals surface area contributed by atoms with E-state index in [1.54, 1.807) is 0 Å². The van der Waals surface area contributed by atoms with Crippen LogP contribution in [0.4, 0.5) is 26.3 Å². The molecule has 0 aliphatic carbocycles. The molecule has 0 atom stereocenters. The quantitative estimate of drug-likeness (QED) is 0.436.